The molecule has 1 atom stereocenters. The Hall–Kier alpha value is -3.23. The highest BCUT2D eigenvalue weighted by Crippen LogP contribution is 2.41. The number of piperazine rings is 1. The van der Waals surface area contributed by atoms with Crippen molar-refractivity contribution in [2.45, 2.75) is 19.0 Å². The van der Waals surface area contributed by atoms with Gasteiger partial charge < -0.3 is 5.11 Å². The Balaban J connectivity index is 1.32. The minimum atomic E-state index is -0.137. The average molecular weight is 530 g/mol. The van der Waals surface area contributed by atoms with E-state index in [9.17, 15) is 5.11 Å². The summed E-state index contributed by atoms with van der Waals surface area (Å²) in [6.07, 6.45) is 0. The number of aromatic nitrogens is 3. The molecule has 6 nitrogen and oxygen atoms in total. The van der Waals surface area contributed by atoms with Crippen LogP contribution in [0.3, 0.4) is 0 Å². The Morgan fingerprint density at radius 1 is 0.784 bits per heavy atom. The predicted molar refractivity (Wildman–Crippen MR) is 148 cm³/mol. The molecule has 0 unspecified atom stereocenters. The molecule has 3 aromatic carbocycles. The van der Waals surface area contributed by atoms with Crippen LogP contribution in [0.15, 0.2) is 84.9 Å². The van der Waals surface area contributed by atoms with Crippen molar-refractivity contribution >= 4 is 27.9 Å². The summed E-state index contributed by atoms with van der Waals surface area (Å²) in [4.78, 5) is 11.0. The first-order valence-corrected chi connectivity index (χ1v) is 13.7. The fourth-order valence-electron chi connectivity index (χ4n) is 5.37. The number of hydrogen-bond donors (Lipinski definition) is 1. The van der Waals surface area contributed by atoms with Gasteiger partial charge in [-0.25, -0.2) is 4.98 Å². The van der Waals surface area contributed by atoms with Gasteiger partial charge >= 0.3 is 0 Å². The van der Waals surface area contributed by atoms with E-state index in [0.29, 0.717) is 15.8 Å². The molecule has 1 aliphatic rings. The van der Waals surface area contributed by atoms with E-state index >= 15 is 0 Å². The van der Waals surface area contributed by atoms with Gasteiger partial charge in [0.15, 0.2) is 0 Å². The number of rotatable bonds is 6. The van der Waals surface area contributed by atoms with E-state index in [-0.39, 0.29) is 18.0 Å². The van der Waals surface area contributed by atoms with E-state index in [1.54, 1.807) is 4.52 Å². The molecule has 1 fully saturated rings. The molecular formula is C29H28ClN5OS. The van der Waals surface area contributed by atoms with E-state index in [4.69, 9.17) is 11.6 Å². The third-order valence-corrected chi connectivity index (χ3v) is 8.34. The number of benzene rings is 3. The zero-order valence-electron chi connectivity index (χ0n) is 20.5. The van der Waals surface area contributed by atoms with E-state index in [1.165, 1.54) is 22.5 Å². The maximum atomic E-state index is 11.2. The molecule has 6 rings (SSSR count). The maximum Gasteiger partial charge on any atom is 0.230 e. The number of nitrogens with zero attached hydrogens (tertiary/aromatic N) is 5. The maximum absolute atomic E-state index is 11.2. The summed E-state index contributed by atoms with van der Waals surface area (Å²) in [5.74, 6) is 0.799. The molecule has 1 aliphatic heterocycles. The van der Waals surface area contributed by atoms with Crippen molar-refractivity contribution in [1.82, 2.24) is 24.4 Å². The Labute approximate surface area is 225 Å². The molecule has 0 saturated carbocycles. The van der Waals surface area contributed by atoms with Crippen LogP contribution in [0.1, 0.15) is 39.5 Å². The zero-order chi connectivity index (χ0) is 25.4. The van der Waals surface area contributed by atoms with E-state index < -0.39 is 0 Å². The quantitative estimate of drug-likeness (QED) is 0.294. The zero-order valence-corrected chi connectivity index (χ0v) is 22.1. The summed E-state index contributed by atoms with van der Waals surface area (Å²) in [7, 11) is 0. The summed E-state index contributed by atoms with van der Waals surface area (Å²) in [6, 6.07) is 29.4. The Bertz CT molecular complexity index is 1460. The van der Waals surface area contributed by atoms with Crippen molar-refractivity contribution in [3.05, 3.63) is 117 Å². The van der Waals surface area contributed by atoms with Gasteiger partial charge in [0.25, 0.3) is 0 Å². The molecule has 37 heavy (non-hydrogen) atoms. The molecule has 1 saturated heterocycles. The molecule has 3 heterocycles. The predicted octanol–water partition coefficient (Wildman–Crippen LogP) is 5.95. The molecule has 0 radical (unpaired) electrons. The van der Waals surface area contributed by atoms with Gasteiger partial charge in [-0.1, -0.05) is 95.7 Å². The topological polar surface area (TPSA) is 56.9 Å². The second-order valence-electron chi connectivity index (χ2n) is 9.40. The van der Waals surface area contributed by atoms with Crippen molar-refractivity contribution in [2.24, 2.45) is 0 Å². The lowest BCUT2D eigenvalue weighted by atomic mass is 9.96. The minimum absolute atomic E-state index is 0.137. The molecule has 2 aromatic heterocycles. The fraction of sp³-hybridized carbons (Fsp3) is 0.241. The summed E-state index contributed by atoms with van der Waals surface area (Å²) in [5.41, 5.74) is 3.65. The second kappa shape index (κ2) is 10.3. The van der Waals surface area contributed by atoms with E-state index in [1.807, 2.05) is 25.1 Å². The third kappa shape index (κ3) is 4.76. The van der Waals surface area contributed by atoms with E-state index in [0.717, 1.165) is 36.6 Å². The number of thiazole rings is 1. The first-order chi connectivity index (χ1) is 18.1. The van der Waals surface area contributed by atoms with Crippen molar-refractivity contribution in [2.75, 3.05) is 26.2 Å². The number of aryl methyl sites for hydroxylation is 1. The molecule has 0 aliphatic carbocycles. The highest BCUT2D eigenvalue weighted by Gasteiger charge is 2.34. The normalized spacial score (nSPS) is 16.0. The smallest absolute Gasteiger partial charge is 0.230 e. The van der Waals surface area contributed by atoms with Crippen LogP contribution < -0.4 is 0 Å². The molecule has 0 bridgehead atoms. The molecule has 0 amide bonds. The summed E-state index contributed by atoms with van der Waals surface area (Å²) >= 11 is 7.91. The molecule has 5 aromatic rings. The van der Waals surface area contributed by atoms with Crippen molar-refractivity contribution in [3.8, 4) is 5.88 Å². The first kappa shape index (κ1) is 24.1. The van der Waals surface area contributed by atoms with Crippen LogP contribution in [-0.2, 0) is 0 Å². The van der Waals surface area contributed by atoms with Gasteiger partial charge in [-0.15, -0.1) is 5.10 Å². The second-order valence-corrected chi connectivity index (χ2v) is 10.8. The lowest BCUT2D eigenvalue weighted by Gasteiger charge is -2.42. The highest BCUT2D eigenvalue weighted by molar-refractivity contribution is 7.17. The van der Waals surface area contributed by atoms with Gasteiger partial charge in [0, 0.05) is 31.2 Å². The van der Waals surface area contributed by atoms with E-state index in [2.05, 4.69) is 86.6 Å². The number of halogens is 1. The van der Waals surface area contributed by atoms with Crippen LogP contribution in [0.4, 0.5) is 0 Å². The van der Waals surface area contributed by atoms with Gasteiger partial charge in [-0.2, -0.15) is 4.52 Å². The van der Waals surface area contributed by atoms with Gasteiger partial charge in [-0.05, 0) is 35.7 Å². The third-order valence-electron chi connectivity index (χ3n) is 7.03. The number of fused-ring (bicyclic) bond motifs is 1. The van der Waals surface area contributed by atoms with Crippen LogP contribution in [-0.4, -0.2) is 55.7 Å². The fourth-order valence-corrected chi connectivity index (χ4v) is 6.73. The van der Waals surface area contributed by atoms with Gasteiger partial charge in [0.05, 0.1) is 17.0 Å². The molecule has 1 N–H and O–H groups in total. The Morgan fingerprint density at radius 2 is 1.35 bits per heavy atom. The van der Waals surface area contributed by atoms with Crippen LogP contribution >= 0.6 is 22.9 Å². The number of aromatic hydroxyl groups is 1. The molecule has 188 valence electrons. The SMILES string of the molecule is Cc1nc2sc([C@@H](c3cccc(Cl)c3)N3CCN(C(c4ccccc4)c4ccccc4)CC3)c(O)n2n1. The summed E-state index contributed by atoms with van der Waals surface area (Å²) in [6.45, 7) is 5.32. The average Bonchev–Trinajstić information content (AvgIpc) is 3.43. The Kier molecular flexibility index (Phi) is 6.69. The van der Waals surface area contributed by atoms with Gasteiger partial charge in [0.2, 0.25) is 10.8 Å². The van der Waals surface area contributed by atoms with Gasteiger partial charge in [-0.3, -0.25) is 9.80 Å². The summed E-state index contributed by atoms with van der Waals surface area (Å²) < 4.78 is 1.55. The molecular weight excluding hydrogens is 502 g/mol. The monoisotopic (exact) mass is 529 g/mol. The highest BCUT2D eigenvalue weighted by atomic mass is 35.5. The Morgan fingerprint density at radius 3 is 1.92 bits per heavy atom. The molecule has 8 heteroatoms. The lowest BCUT2D eigenvalue weighted by Crippen LogP contribution is -2.49. The van der Waals surface area contributed by atoms with Crippen LogP contribution in [0.5, 0.6) is 5.88 Å². The standard InChI is InChI=1S/C29H28ClN5OS/c1-20-31-29-35(32-20)28(36)27(37-29)26(23-13-8-14-24(30)19-23)34-17-15-33(16-18-34)25(21-9-4-2-5-10-21)22-11-6-3-7-12-22/h2-14,19,25-26,36H,15-18H2,1H3/t26-/m1/s1. The van der Waals surface area contributed by atoms with Crippen molar-refractivity contribution in [1.29, 1.82) is 0 Å². The number of hydrogen-bond acceptors (Lipinski definition) is 6. The van der Waals surface area contributed by atoms with Crippen LogP contribution in [0.2, 0.25) is 5.02 Å². The van der Waals surface area contributed by atoms with Crippen LogP contribution in [0.25, 0.3) is 4.96 Å². The largest absolute Gasteiger partial charge is 0.492 e. The van der Waals surface area contributed by atoms with Crippen molar-refractivity contribution in [3.63, 3.8) is 0 Å². The van der Waals surface area contributed by atoms with Crippen LogP contribution in [0, 0.1) is 6.92 Å². The first-order valence-electron chi connectivity index (χ1n) is 12.5. The van der Waals surface area contributed by atoms with Gasteiger partial charge in [0.1, 0.15) is 5.82 Å². The minimum Gasteiger partial charge on any atom is -0.492 e. The lowest BCUT2D eigenvalue weighted by molar-refractivity contribution is 0.0899. The van der Waals surface area contributed by atoms with Crippen molar-refractivity contribution < 1.29 is 5.11 Å². The molecule has 0 spiro atoms. The summed E-state index contributed by atoms with van der Waals surface area (Å²) in [5, 5.41) is 16.2.